The molecule has 2 nitrogen and oxygen atoms in total. The second-order valence-corrected chi connectivity index (χ2v) is 3.81. The second-order valence-electron chi connectivity index (χ2n) is 3.81. The Morgan fingerprint density at radius 2 is 2.06 bits per heavy atom. The van der Waals surface area contributed by atoms with Gasteiger partial charge in [0.2, 0.25) is 0 Å². The molecule has 0 atom stereocenters. The van der Waals surface area contributed by atoms with Crippen molar-refractivity contribution < 1.29 is 9.18 Å². The average molecular weight is 245 g/mol. The Morgan fingerprint density at radius 3 is 2.50 bits per heavy atom. The van der Waals surface area contributed by atoms with Gasteiger partial charge < -0.3 is 0 Å². The molecule has 0 bridgehead atoms. The zero-order valence-corrected chi connectivity index (χ0v) is 10.8. The minimum absolute atomic E-state index is 0.179. The normalized spacial score (nSPS) is 11.9. The summed E-state index contributed by atoms with van der Waals surface area (Å²) in [6, 6.07) is 2.87. The van der Waals surface area contributed by atoms with Gasteiger partial charge in [-0.1, -0.05) is 18.7 Å². The van der Waals surface area contributed by atoms with Crippen molar-refractivity contribution in [2.24, 2.45) is 4.99 Å². The molecule has 0 aliphatic carbocycles. The van der Waals surface area contributed by atoms with Crippen molar-refractivity contribution in [1.82, 2.24) is 0 Å². The van der Waals surface area contributed by atoms with Gasteiger partial charge >= 0.3 is 0 Å². The molecular weight excluding hydrogens is 229 g/mol. The third-order valence-electron chi connectivity index (χ3n) is 2.63. The van der Waals surface area contributed by atoms with E-state index in [0.29, 0.717) is 22.3 Å². The molecule has 0 aliphatic rings. The lowest BCUT2D eigenvalue weighted by atomic mass is 9.97. The Bertz CT molecular complexity index is 542. The molecule has 0 saturated carbocycles. The van der Waals surface area contributed by atoms with Crippen molar-refractivity contribution in [3.8, 4) is 0 Å². The number of carbonyl (C=O) groups is 1. The maximum atomic E-state index is 14.0. The number of halogens is 1. The summed E-state index contributed by atoms with van der Waals surface area (Å²) in [4.78, 5) is 15.3. The van der Waals surface area contributed by atoms with Crippen LogP contribution in [-0.4, -0.2) is 19.0 Å². The standard InChI is InChI=1S/C15H16FNO/c1-5-11-7-14(12(6-2)9-17-4)15(16)8-13(11)10(3)18/h5-9H,1H2,2-4H3/b12-6+,17-9?. The Kier molecular flexibility index (Phi) is 4.72. The molecule has 18 heavy (non-hydrogen) atoms. The van der Waals surface area contributed by atoms with Crippen LogP contribution in [0.4, 0.5) is 4.39 Å². The molecule has 3 heteroatoms. The van der Waals surface area contributed by atoms with Crippen molar-refractivity contribution in [1.29, 1.82) is 0 Å². The lowest BCUT2D eigenvalue weighted by molar-refractivity contribution is 0.101. The molecule has 0 N–H and O–H groups in total. The van der Waals surface area contributed by atoms with Crippen LogP contribution in [0.5, 0.6) is 0 Å². The highest BCUT2D eigenvalue weighted by Crippen LogP contribution is 2.23. The summed E-state index contributed by atoms with van der Waals surface area (Å²) < 4.78 is 14.0. The van der Waals surface area contributed by atoms with Gasteiger partial charge in [0.05, 0.1) is 0 Å². The van der Waals surface area contributed by atoms with E-state index >= 15 is 0 Å². The van der Waals surface area contributed by atoms with Crippen LogP contribution in [-0.2, 0) is 0 Å². The van der Waals surface area contributed by atoms with E-state index in [-0.39, 0.29) is 5.78 Å². The first-order valence-electron chi connectivity index (χ1n) is 5.60. The highest BCUT2D eigenvalue weighted by atomic mass is 19.1. The van der Waals surface area contributed by atoms with Crippen molar-refractivity contribution >= 4 is 23.6 Å². The molecule has 0 saturated heterocycles. The van der Waals surface area contributed by atoms with Crippen LogP contribution in [0.15, 0.2) is 29.8 Å². The summed E-state index contributed by atoms with van der Waals surface area (Å²) >= 11 is 0. The summed E-state index contributed by atoms with van der Waals surface area (Å²) in [6.07, 6.45) is 4.90. The van der Waals surface area contributed by atoms with Crippen LogP contribution in [0.3, 0.4) is 0 Å². The quantitative estimate of drug-likeness (QED) is 0.586. The number of carbonyl (C=O) groups excluding carboxylic acids is 1. The van der Waals surface area contributed by atoms with Crippen LogP contribution in [0.25, 0.3) is 11.6 Å². The molecule has 1 aromatic carbocycles. The smallest absolute Gasteiger partial charge is 0.160 e. The largest absolute Gasteiger partial charge is 0.296 e. The number of hydrogen-bond acceptors (Lipinski definition) is 2. The summed E-state index contributed by atoms with van der Waals surface area (Å²) in [5.74, 6) is -0.611. The zero-order chi connectivity index (χ0) is 13.7. The molecule has 94 valence electrons. The first kappa shape index (κ1) is 14.0. The van der Waals surface area contributed by atoms with Crippen LogP contribution in [0, 0.1) is 5.82 Å². The average Bonchev–Trinajstić information content (AvgIpc) is 2.35. The Balaban J connectivity index is 3.49. The summed E-state index contributed by atoms with van der Waals surface area (Å²) in [5, 5.41) is 0. The van der Waals surface area contributed by atoms with Gasteiger partial charge in [-0.15, -0.1) is 0 Å². The van der Waals surface area contributed by atoms with Crippen LogP contribution in [0.2, 0.25) is 0 Å². The van der Waals surface area contributed by atoms with Gasteiger partial charge in [0.15, 0.2) is 5.78 Å². The number of rotatable bonds is 4. The number of ketones is 1. The van der Waals surface area contributed by atoms with Gasteiger partial charge in [0, 0.05) is 24.4 Å². The summed E-state index contributed by atoms with van der Waals surface area (Å²) in [6.45, 7) is 6.86. The number of Topliss-reactive ketones (excluding diaryl/α,β-unsaturated/α-hetero) is 1. The molecule has 0 aliphatic heterocycles. The number of hydrogen-bond donors (Lipinski definition) is 0. The van der Waals surface area contributed by atoms with Crippen LogP contribution >= 0.6 is 0 Å². The third-order valence-corrected chi connectivity index (χ3v) is 2.63. The first-order valence-corrected chi connectivity index (χ1v) is 5.60. The van der Waals surface area contributed by atoms with E-state index in [1.54, 1.807) is 31.5 Å². The van der Waals surface area contributed by atoms with Gasteiger partial charge in [-0.25, -0.2) is 4.39 Å². The van der Waals surface area contributed by atoms with E-state index in [1.807, 2.05) is 6.92 Å². The molecule has 0 fully saturated rings. The fraction of sp³-hybridized carbons (Fsp3) is 0.200. The van der Waals surface area contributed by atoms with E-state index < -0.39 is 5.82 Å². The maximum Gasteiger partial charge on any atom is 0.160 e. The predicted molar refractivity (Wildman–Crippen MR) is 74.6 cm³/mol. The molecule has 0 amide bonds. The molecule has 0 unspecified atom stereocenters. The van der Waals surface area contributed by atoms with Crippen molar-refractivity contribution in [2.75, 3.05) is 7.05 Å². The van der Waals surface area contributed by atoms with Crippen LogP contribution in [0.1, 0.15) is 35.3 Å². The first-order chi connectivity index (χ1) is 8.54. The highest BCUT2D eigenvalue weighted by molar-refractivity contribution is 6.10. The minimum atomic E-state index is -0.432. The molecule has 0 radical (unpaired) electrons. The SMILES string of the molecule is C=Cc1cc(/C(C=NC)=C/C)c(F)cc1C(C)=O. The van der Waals surface area contributed by atoms with Crippen LogP contribution < -0.4 is 0 Å². The Morgan fingerprint density at radius 1 is 1.39 bits per heavy atom. The zero-order valence-electron chi connectivity index (χ0n) is 10.8. The second kappa shape index (κ2) is 6.05. The highest BCUT2D eigenvalue weighted by Gasteiger charge is 2.13. The fourth-order valence-corrected chi connectivity index (χ4v) is 1.72. The molecule has 1 aromatic rings. The monoisotopic (exact) mass is 245 g/mol. The van der Waals surface area contributed by atoms with E-state index in [1.165, 1.54) is 13.0 Å². The molecular formula is C15H16FNO. The lowest BCUT2D eigenvalue weighted by Crippen LogP contribution is -2.01. The van der Waals surface area contributed by atoms with Gasteiger partial charge in [-0.05, 0) is 37.1 Å². The molecule has 0 aromatic heterocycles. The molecule has 0 heterocycles. The van der Waals surface area contributed by atoms with Gasteiger partial charge in [0.25, 0.3) is 0 Å². The number of allylic oxidation sites excluding steroid dienone is 2. The topological polar surface area (TPSA) is 29.4 Å². The molecule has 0 spiro atoms. The van der Waals surface area contributed by atoms with E-state index in [2.05, 4.69) is 11.6 Å². The maximum absolute atomic E-state index is 14.0. The van der Waals surface area contributed by atoms with Gasteiger partial charge in [0.1, 0.15) is 5.82 Å². The number of nitrogens with zero attached hydrogens (tertiary/aromatic N) is 1. The van der Waals surface area contributed by atoms with E-state index in [9.17, 15) is 9.18 Å². The number of aliphatic imine (C=N–C) groups is 1. The van der Waals surface area contributed by atoms with Gasteiger partial charge in [-0.2, -0.15) is 0 Å². The van der Waals surface area contributed by atoms with E-state index in [4.69, 9.17) is 0 Å². The summed E-state index contributed by atoms with van der Waals surface area (Å²) in [5.41, 5.74) is 2.06. The third kappa shape index (κ3) is 2.80. The minimum Gasteiger partial charge on any atom is -0.296 e. The predicted octanol–water partition coefficient (Wildman–Crippen LogP) is 3.78. The summed E-state index contributed by atoms with van der Waals surface area (Å²) in [7, 11) is 1.62. The lowest BCUT2D eigenvalue weighted by Gasteiger charge is -2.09. The fourth-order valence-electron chi connectivity index (χ4n) is 1.72. The van der Waals surface area contributed by atoms with Crippen molar-refractivity contribution in [3.05, 3.63) is 47.3 Å². The van der Waals surface area contributed by atoms with E-state index in [0.717, 1.165) is 0 Å². The van der Waals surface area contributed by atoms with Gasteiger partial charge in [-0.3, -0.25) is 9.79 Å². The Hall–Kier alpha value is -2.03. The number of benzene rings is 1. The Labute approximate surface area is 107 Å². The molecule has 1 rings (SSSR count). The van der Waals surface area contributed by atoms with Crippen molar-refractivity contribution in [2.45, 2.75) is 13.8 Å². The van der Waals surface area contributed by atoms with Crippen molar-refractivity contribution in [3.63, 3.8) is 0 Å².